The normalized spacial score (nSPS) is 12.4. The number of hydrogen-bond acceptors (Lipinski definition) is 3. The highest BCUT2D eigenvalue weighted by Crippen LogP contribution is 2.10. The van der Waals surface area contributed by atoms with Crippen LogP contribution in [0.25, 0.3) is 0 Å². The summed E-state index contributed by atoms with van der Waals surface area (Å²) in [4.78, 5) is 20.9. The Kier molecular flexibility index (Phi) is 8.62. The van der Waals surface area contributed by atoms with Crippen LogP contribution in [0, 0.1) is 0 Å². The molecule has 0 fully saturated rings. The van der Waals surface area contributed by atoms with Crippen LogP contribution >= 0.6 is 0 Å². The molecule has 4 heteroatoms. The van der Waals surface area contributed by atoms with E-state index in [1.54, 1.807) is 0 Å². The number of esters is 1. The van der Waals surface area contributed by atoms with Crippen LogP contribution in [0.4, 0.5) is 0 Å². The van der Waals surface area contributed by atoms with Crippen molar-refractivity contribution in [3.05, 3.63) is 23.3 Å². The molecule has 18 heavy (non-hydrogen) atoms. The van der Waals surface area contributed by atoms with E-state index in [9.17, 15) is 9.59 Å². The van der Waals surface area contributed by atoms with Crippen molar-refractivity contribution in [1.29, 1.82) is 0 Å². The van der Waals surface area contributed by atoms with E-state index < -0.39 is 5.97 Å². The highest BCUT2D eigenvalue weighted by molar-refractivity contribution is 5.67. The van der Waals surface area contributed by atoms with Crippen molar-refractivity contribution >= 4 is 11.9 Å². The summed E-state index contributed by atoms with van der Waals surface area (Å²) >= 11 is 0. The first kappa shape index (κ1) is 16.4. The molecule has 0 amide bonds. The maximum Gasteiger partial charge on any atom is 0.303 e. The Morgan fingerprint density at radius 1 is 1.00 bits per heavy atom. The van der Waals surface area contributed by atoms with Gasteiger partial charge in [0.25, 0.3) is 0 Å². The SMILES string of the molecule is CC(=O)OC/C=C(\C)CC/C=C(/C)CCC(=O)O. The second-order valence-electron chi connectivity index (χ2n) is 4.34. The number of aliphatic carboxylic acids is 1. The van der Waals surface area contributed by atoms with E-state index in [1.807, 2.05) is 19.9 Å². The summed E-state index contributed by atoms with van der Waals surface area (Å²) in [5, 5.41) is 8.54. The standard InChI is InChI=1S/C14H22O4/c1-11(7-8-14(16)17)5-4-6-12(2)9-10-18-13(3)15/h5,9H,4,6-8,10H2,1-3H3,(H,16,17)/b11-5-,12-9+. The maximum absolute atomic E-state index is 10.5. The fraction of sp³-hybridized carbons (Fsp3) is 0.571. The highest BCUT2D eigenvalue weighted by Gasteiger charge is 1.97. The lowest BCUT2D eigenvalue weighted by atomic mass is 10.1. The topological polar surface area (TPSA) is 63.6 Å². The fourth-order valence-electron chi connectivity index (χ4n) is 1.36. The molecule has 0 aromatic carbocycles. The van der Waals surface area contributed by atoms with Gasteiger partial charge in [0.2, 0.25) is 0 Å². The molecule has 0 heterocycles. The predicted octanol–water partition coefficient (Wildman–Crippen LogP) is 3.09. The quantitative estimate of drug-likeness (QED) is 0.534. The lowest BCUT2D eigenvalue weighted by Crippen LogP contribution is -1.98. The average molecular weight is 254 g/mol. The molecule has 0 spiro atoms. The van der Waals surface area contributed by atoms with Crippen molar-refractivity contribution in [1.82, 2.24) is 0 Å². The third-order valence-electron chi connectivity index (χ3n) is 2.48. The Bertz CT molecular complexity index is 340. The van der Waals surface area contributed by atoms with Crippen LogP contribution in [0.1, 0.15) is 46.5 Å². The Balaban J connectivity index is 3.83. The third kappa shape index (κ3) is 10.9. The van der Waals surface area contributed by atoms with Gasteiger partial charge in [-0.3, -0.25) is 9.59 Å². The number of carboxylic acids is 1. The van der Waals surface area contributed by atoms with Crippen molar-refractivity contribution in [2.45, 2.75) is 46.5 Å². The van der Waals surface area contributed by atoms with Gasteiger partial charge in [-0.1, -0.05) is 17.2 Å². The molecule has 4 nitrogen and oxygen atoms in total. The van der Waals surface area contributed by atoms with Gasteiger partial charge in [0.1, 0.15) is 6.61 Å². The first-order valence-corrected chi connectivity index (χ1v) is 6.08. The summed E-state index contributed by atoms with van der Waals surface area (Å²) in [5.74, 6) is -1.04. The van der Waals surface area contributed by atoms with Gasteiger partial charge in [0.15, 0.2) is 0 Å². The Morgan fingerprint density at radius 3 is 2.17 bits per heavy atom. The zero-order chi connectivity index (χ0) is 14.0. The van der Waals surface area contributed by atoms with Gasteiger partial charge in [-0.2, -0.15) is 0 Å². The molecule has 0 rings (SSSR count). The van der Waals surface area contributed by atoms with Crippen molar-refractivity contribution in [2.75, 3.05) is 6.61 Å². The molecule has 0 aliphatic carbocycles. The number of carboxylic acid groups (broad SMARTS) is 1. The van der Waals surface area contributed by atoms with Gasteiger partial charge < -0.3 is 9.84 Å². The van der Waals surface area contributed by atoms with E-state index in [1.165, 1.54) is 12.5 Å². The van der Waals surface area contributed by atoms with Crippen LogP contribution in [-0.4, -0.2) is 23.7 Å². The van der Waals surface area contributed by atoms with Gasteiger partial charge in [-0.15, -0.1) is 0 Å². The van der Waals surface area contributed by atoms with Gasteiger partial charge in [0.05, 0.1) is 0 Å². The molecule has 0 aromatic heterocycles. The second-order valence-corrected chi connectivity index (χ2v) is 4.34. The van der Waals surface area contributed by atoms with Crippen LogP contribution in [0.5, 0.6) is 0 Å². The molecular formula is C14H22O4. The Morgan fingerprint density at radius 2 is 1.61 bits per heavy atom. The van der Waals surface area contributed by atoms with E-state index in [0.717, 1.165) is 18.4 Å². The zero-order valence-electron chi connectivity index (χ0n) is 11.4. The van der Waals surface area contributed by atoms with Crippen LogP contribution in [0.3, 0.4) is 0 Å². The molecule has 0 saturated carbocycles. The van der Waals surface area contributed by atoms with Gasteiger partial charge in [0, 0.05) is 13.3 Å². The Hall–Kier alpha value is -1.58. The lowest BCUT2D eigenvalue weighted by molar-refractivity contribution is -0.140. The Labute approximate surface area is 108 Å². The number of allylic oxidation sites excluding steroid dienone is 3. The van der Waals surface area contributed by atoms with Crippen LogP contribution in [0.15, 0.2) is 23.3 Å². The maximum atomic E-state index is 10.5. The summed E-state index contributed by atoms with van der Waals surface area (Å²) in [6.45, 7) is 5.64. The zero-order valence-corrected chi connectivity index (χ0v) is 11.4. The molecule has 0 aliphatic heterocycles. The first-order chi connectivity index (χ1) is 8.41. The minimum absolute atomic E-state index is 0.184. The van der Waals surface area contributed by atoms with Crippen molar-refractivity contribution < 1.29 is 19.4 Å². The minimum Gasteiger partial charge on any atom is -0.481 e. The summed E-state index contributed by atoms with van der Waals surface area (Å²) < 4.78 is 4.81. The van der Waals surface area contributed by atoms with Crippen molar-refractivity contribution in [3.63, 3.8) is 0 Å². The van der Waals surface area contributed by atoms with E-state index in [0.29, 0.717) is 13.0 Å². The smallest absolute Gasteiger partial charge is 0.303 e. The number of carbonyl (C=O) groups excluding carboxylic acids is 1. The summed E-state index contributed by atoms with van der Waals surface area (Å²) in [6.07, 6.45) is 6.52. The monoisotopic (exact) mass is 254 g/mol. The molecule has 0 aromatic rings. The molecular weight excluding hydrogens is 232 g/mol. The molecule has 1 N–H and O–H groups in total. The van der Waals surface area contributed by atoms with E-state index in [4.69, 9.17) is 9.84 Å². The predicted molar refractivity (Wildman–Crippen MR) is 70.3 cm³/mol. The second kappa shape index (κ2) is 9.45. The third-order valence-corrected chi connectivity index (χ3v) is 2.48. The average Bonchev–Trinajstić information content (AvgIpc) is 2.25. The van der Waals surface area contributed by atoms with Gasteiger partial charge in [-0.05, 0) is 39.2 Å². The molecule has 0 radical (unpaired) electrons. The van der Waals surface area contributed by atoms with Gasteiger partial charge in [-0.25, -0.2) is 0 Å². The number of ether oxygens (including phenoxy) is 1. The fourth-order valence-corrected chi connectivity index (χ4v) is 1.36. The van der Waals surface area contributed by atoms with Crippen LogP contribution in [-0.2, 0) is 14.3 Å². The summed E-state index contributed by atoms with van der Waals surface area (Å²) in [7, 11) is 0. The van der Waals surface area contributed by atoms with Crippen LogP contribution in [0.2, 0.25) is 0 Å². The lowest BCUT2D eigenvalue weighted by Gasteiger charge is -2.01. The molecule has 0 saturated heterocycles. The first-order valence-electron chi connectivity index (χ1n) is 6.08. The minimum atomic E-state index is -0.764. The van der Waals surface area contributed by atoms with E-state index >= 15 is 0 Å². The summed E-state index contributed by atoms with van der Waals surface area (Å²) in [6, 6.07) is 0. The van der Waals surface area contributed by atoms with Gasteiger partial charge >= 0.3 is 11.9 Å². The molecule has 0 bridgehead atoms. The number of rotatable bonds is 8. The molecule has 0 atom stereocenters. The summed E-state index contributed by atoms with van der Waals surface area (Å²) in [5.41, 5.74) is 2.27. The van der Waals surface area contributed by atoms with Crippen molar-refractivity contribution in [3.8, 4) is 0 Å². The molecule has 0 unspecified atom stereocenters. The van der Waals surface area contributed by atoms with Crippen molar-refractivity contribution in [2.24, 2.45) is 0 Å². The molecule has 102 valence electrons. The molecule has 0 aliphatic rings. The van der Waals surface area contributed by atoms with E-state index in [2.05, 4.69) is 6.08 Å². The largest absolute Gasteiger partial charge is 0.481 e. The highest BCUT2D eigenvalue weighted by atomic mass is 16.5. The van der Waals surface area contributed by atoms with E-state index in [-0.39, 0.29) is 12.4 Å². The number of hydrogen-bond donors (Lipinski definition) is 1. The number of carbonyl (C=O) groups is 2. The van der Waals surface area contributed by atoms with Crippen LogP contribution < -0.4 is 0 Å².